The van der Waals surface area contributed by atoms with Crippen molar-refractivity contribution in [3.05, 3.63) is 30.6 Å². The Morgan fingerprint density at radius 3 is 2.61 bits per heavy atom. The van der Waals surface area contributed by atoms with E-state index in [1.165, 1.54) is 36.1 Å². The predicted molar refractivity (Wildman–Crippen MR) is 113 cm³/mol. The summed E-state index contributed by atoms with van der Waals surface area (Å²) in [5.74, 6) is 1.40. The number of carbonyl (C=O) groups is 1. The molecule has 0 atom stereocenters. The molecule has 0 aliphatic carbocycles. The number of thioether (sulfide) groups is 1. The van der Waals surface area contributed by atoms with Crippen molar-refractivity contribution in [2.45, 2.75) is 30.7 Å². The number of hydrogen-bond acceptors (Lipinski definition) is 7. The van der Waals surface area contributed by atoms with Gasteiger partial charge in [-0.15, -0.1) is 0 Å². The number of likely N-dealkylation sites (tertiary alicyclic amines) is 1. The molecule has 28 heavy (non-hydrogen) atoms. The molecule has 4 rings (SSSR count). The van der Waals surface area contributed by atoms with Crippen LogP contribution >= 0.6 is 23.3 Å². The molecule has 146 valence electrons. The second-order valence-corrected chi connectivity index (χ2v) is 8.44. The van der Waals surface area contributed by atoms with Crippen LogP contribution < -0.4 is 4.74 Å². The fraction of sp³-hybridized carbons (Fsp3) is 0.400. The number of fused-ring (bicyclic) bond motifs is 1. The number of aromatic nitrogens is 3. The minimum atomic E-state index is 0.193. The number of nitrogens with zero attached hydrogens (tertiary/aromatic N) is 4. The quantitative estimate of drug-likeness (QED) is 0.459. The summed E-state index contributed by atoms with van der Waals surface area (Å²) >= 11 is 2.87. The average Bonchev–Trinajstić information content (AvgIpc) is 2.98. The maximum atomic E-state index is 12.6. The third kappa shape index (κ3) is 4.12. The molecule has 0 N–H and O–H groups in total. The van der Waals surface area contributed by atoms with Gasteiger partial charge in [-0.05, 0) is 48.6 Å². The lowest BCUT2D eigenvalue weighted by Gasteiger charge is -2.19. The average molecular weight is 415 g/mol. The first-order valence-corrected chi connectivity index (χ1v) is 11.2. The lowest BCUT2D eigenvalue weighted by molar-refractivity contribution is -0.128. The second-order valence-electron chi connectivity index (χ2n) is 6.70. The van der Waals surface area contributed by atoms with Gasteiger partial charge in [0.1, 0.15) is 33.0 Å². The molecule has 3 aromatic rings. The summed E-state index contributed by atoms with van der Waals surface area (Å²) in [5.41, 5.74) is 2.66. The van der Waals surface area contributed by atoms with Crippen LogP contribution in [0.15, 0.2) is 35.6 Å². The van der Waals surface area contributed by atoms with Crippen molar-refractivity contribution in [3.8, 4) is 17.0 Å². The fourth-order valence-corrected chi connectivity index (χ4v) is 5.15. The van der Waals surface area contributed by atoms with Gasteiger partial charge in [0, 0.05) is 18.7 Å². The number of amides is 1. The van der Waals surface area contributed by atoms with Gasteiger partial charge >= 0.3 is 0 Å². The van der Waals surface area contributed by atoms with Crippen molar-refractivity contribution < 1.29 is 9.53 Å². The van der Waals surface area contributed by atoms with E-state index in [9.17, 15) is 4.79 Å². The van der Waals surface area contributed by atoms with Crippen LogP contribution in [0.25, 0.3) is 21.5 Å². The number of benzene rings is 1. The predicted octanol–water partition coefficient (Wildman–Crippen LogP) is 4.26. The normalized spacial score (nSPS) is 14.8. The summed E-state index contributed by atoms with van der Waals surface area (Å²) in [6.07, 6.45) is 6.21. The van der Waals surface area contributed by atoms with Gasteiger partial charge in [0.2, 0.25) is 5.91 Å². The molecule has 1 amide bonds. The molecule has 1 aliphatic heterocycles. The van der Waals surface area contributed by atoms with E-state index in [1.54, 1.807) is 13.4 Å². The molecular weight excluding hydrogens is 392 g/mol. The summed E-state index contributed by atoms with van der Waals surface area (Å²) in [5, 5.41) is 0.824. The van der Waals surface area contributed by atoms with E-state index in [-0.39, 0.29) is 5.91 Å². The van der Waals surface area contributed by atoms with Gasteiger partial charge in [0.05, 0.1) is 12.9 Å². The first-order valence-electron chi connectivity index (χ1n) is 9.41. The highest BCUT2D eigenvalue weighted by Gasteiger charge is 2.18. The molecule has 0 radical (unpaired) electrons. The summed E-state index contributed by atoms with van der Waals surface area (Å²) in [7, 11) is 1.65. The van der Waals surface area contributed by atoms with Crippen molar-refractivity contribution in [1.82, 2.24) is 19.2 Å². The summed E-state index contributed by atoms with van der Waals surface area (Å²) < 4.78 is 10.8. The molecule has 1 aromatic carbocycles. The van der Waals surface area contributed by atoms with Crippen molar-refractivity contribution in [1.29, 1.82) is 0 Å². The molecule has 2 aromatic heterocycles. The highest BCUT2D eigenvalue weighted by atomic mass is 32.2. The lowest BCUT2D eigenvalue weighted by Crippen LogP contribution is -2.33. The standard InChI is InChI=1S/C20H22N4O2S2/c1-26-15-8-6-14(7-9-15)17-18-19(28-23-17)20(22-13-21-18)27-12-16(25)24-10-4-2-3-5-11-24/h6-9,13H,2-5,10-12H2,1H3. The van der Waals surface area contributed by atoms with Gasteiger partial charge in [0.15, 0.2) is 0 Å². The van der Waals surface area contributed by atoms with E-state index in [4.69, 9.17) is 4.74 Å². The highest BCUT2D eigenvalue weighted by molar-refractivity contribution is 8.00. The first kappa shape index (κ1) is 19.1. The summed E-state index contributed by atoms with van der Waals surface area (Å²) in [6, 6.07) is 7.78. The van der Waals surface area contributed by atoms with Crippen LogP contribution in [-0.2, 0) is 4.79 Å². The zero-order valence-corrected chi connectivity index (χ0v) is 17.4. The molecule has 0 saturated carbocycles. The molecule has 1 fully saturated rings. The van der Waals surface area contributed by atoms with E-state index in [0.717, 1.165) is 58.2 Å². The van der Waals surface area contributed by atoms with E-state index < -0.39 is 0 Å². The molecule has 0 unspecified atom stereocenters. The van der Waals surface area contributed by atoms with Gasteiger partial charge in [0.25, 0.3) is 0 Å². The smallest absolute Gasteiger partial charge is 0.232 e. The Morgan fingerprint density at radius 1 is 1.14 bits per heavy atom. The van der Waals surface area contributed by atoms with Gasteiger partial charge in [-0.1, -0.05) is 24.6 Å². The van der Waals surface area contributed by atoms with E-state index in [2.05, 4.69) is 14.3 Å². The van der Waals surface area contributed by atoms with Crippen LogP contribution in [0.3, 0.4) is 0 Å². The first-order chi connectivity index (χ1) is 13.8. The van der Waals surface area contributed by atoms with Crippen LogP contribution in [0.4, 0.5) is 0 Å². The molecule has 1 aliphatic rings. The third-order valence-corrected chi connectivity index (χ3v) is 6.82. The molecule has 1 saturated heterocycles. The summed E-state index contributed by atoms with van der Waals surface area (Å²) in [6.45, 7) is 1.75. The van der Waals surface area contributed by atoms with Crippen LogP contribution in [0.5, 0.6) is 5.75 Å². The number of carbonyl (C=O) groups excluding carboxylic acids is 1. The van der Waals surface area contributed by atoms with Gasteiger partial charge in [-0.25, -0.2) is 9.97 Å². The zero-order chi connectivity index (χ0) is 19.3. The second kappa shape index (κ2) is 8.87. The zero-order valence-electron chi connectivity index (χ0n) is 15.8. The Morgan fingerprint density at radius 2 is 1.89 bits per heavy atom. The van der Waals surface area contributed by atoms with Gasteiger partial charge < -0.3 is 9.64 Å². The Hall–Kier alpha value is -2.19. The maximum Gasteiger partial charge on any atom is 0.232 e. The number of rotatable bonds is 5. The molecule has 3 heterocycles. The van der Waals surface area contributed by atoms with E-state index in [1.807, 2.05) is 29.2 Å². The molecule has 8 heteroatoms. The Labute approximate surface area is 172 Å². The highest BCUT2D eigenvalue weighted by Crippen LogP contribution is 2.35. The topological polar surface area (TPSA) is 68.2 Å². The van der Waals surface area contributed by atoms with Crippen molar-refractivity contribution >= 4 is 39.4 Å². The summed E-state index contributed by atoms with van der Waals surface area (Å²) in [4.78, 5) is 23.4. The minimum absolute atomic E-state index is 0.193. The fourth-order valence-electron chi connectivity index (χ4n) is 3.33. The monoisotopic (exact) mass is 414 g/mol. The lowest BCUT2D eigenvalue weighted by atomic mass is 10.1. The van der Waals surface area contributed by atoms with Crippen molar-refractivity contribution in [3.63, 3.8) is 0 Å². The van der Waals surface area contributed by atoms with Crippen molar-refractivity contribution in [2.75, 3.05) is 26.0 Å². The Bertz CT molecular complexity index is 950. The van der Waals surface area contributed by atoms with Crippen LogP contribution in [0, 0.1) is 0 Å². The van der Waals surface area contributed by atoms with Gasteiger partial charge in [-0.3, -0.25) is 4.79 Å². The molecule has 0 spiro atoms. The Balaban J connectivity index is 1.52. The van der Waals surface area contributed by atoms with Crippen LogP contribution in [0.2, 0.25) is 0 Å². The van der Waals surface area contributed by atoms with Crippen LogP contribution in [0.1, 0.15) is 25.7 Å². The molecule has 6 nitrogen and oxygen atoms in total. The minimum Gasteiger partial charge on any atom is -0.497 e. The number of methoxy groups -OCH3 is 1. The largest absolute Gasteiger partial charge is 0.497 e. The SMILES string of the molecule is COc1ccc(-c2nsc3c(SCC(=O)N4CCCCCC4)ncnc23)cc1. The number of hydrogen-bond donors (Lipinski definition) is 0. The van der Waals surface area contributed by atoms with Crippen LogP contribution in [-0.4, -0.2) is 51.1 Å². The van der Waals surface area contributed by atoms with E-state index in [0.29, 0.717) is 5.75 Å². The van der Waals surface area contributed by atoms with Gasteiger partial charge in [-0.2, -0.15) is 4.37 Å². The number of ether oxygens (including phenoxy) is 1. The Kier molecular flexibility index (Phi) is 6.07. The van der Waals surface area contributed by atoms with Crippen molar-refractivity contribution in [2.24, 2.45) is 0 Å². The van der Waals surface area contributed by atoms with E-state index >= 15 is 0 Å². The third-order valence-electron chi connectivity index (χ3n) is 4.88. The molecule has 0 bridgehead atoms. The molecular formula is C20H22N4O2S2. The maximum absolute atomic E-state index is 12.6.